The van der Waals surface area contributed by atoms with Gasteiger partial charge in [0.05, 0.1) is 45.6 Å². The van der Waals surface area contributed by atoms with Gasteiger partial charge in [-0.3, -0.25) is 9.10 Å². The van der Waals surface area contributed by atoms with Crippen LogP contribution in [0.2, 0.25) is 10.0 Å². The zero-order valence-corrected chi connectivity index (χ0v) is 22.1. The van der Waals surface area contributed by atoms with Crippen molar-refractivity contribution in [1.29, 1.82) is 0 Å². The maximum absolute atomic E-state index is 13.5. The number of halogens is 2. The average molecular weight is 551 g/mol. The zero-order valence-electron chi connectivity index (χ0n) is 19.7. The van der Waals surface area contributed by atoms with Crippen LogP contribution in [0, 0.1) is 6.92 Å². The molecule has 8 nitrogen and oxygen atoms in total. The Morgan fingerprint density at radius 2 is 1.67 bits per heavy atom. The number of hydrogen-bond acceptors (Lipinski definition) is 6. The quantitative estimate of drug-likeness (QED) is 0.361. The summed E-state index contributed by atoms with van der Waals surface area (Å²) in [5.74, 6) is -0.863. The van der Waals surface area contributed by atoms with Gasteiger partial charge in [0.15, 0.2) is 0 Å². The summed E-state index contributed by atoms with van der Waals surface area (Å²) in [5.41, 5.74) is 1.47. The Labute approximate surface area is 219 Å². The van der Waals surface area contributed by atoms with Crippen LogP contribution in [0.4, 0.5) is 11.4 Å². The Morgan fingerprint density at radius 3 is 2.25 bits per heavy atom. The molecule has 0 atom stereocenters. The summed E-state index contributed by atoms with van der Waals surface area (Å²) in [5, 5.41) is 2.86. The summed E-state index contributed by atoms with van der Waals surface area (Å²) in [4.78, 5) is 24.9. The van der Waals surface area contributed by atoms with Crippen LogP contribution in [0.15, 0.2) is 65.6 Å². The third-order valence-electron chi connectivity index (χ3n) is 5.07. The first-order valence-corrected chi connectivity index (χ1v) is 13.0. The van der Waals surface area contributed by atoms with E-state index in [9.17, 15) is 18.0 Å². The molecule has 0 aliphatic carbocycles. The molecule has 1 amide bonds. The zero-order chi connectivity index (χ0) is 26.5. The molecule has 0 unspecified atom stereocenters. The number of hydrogen-bond donors (Lipinski definition) is 1. The molecule has 0 aliphatic rings. The Hall–Kier alpha value is -3.27. The van der Waals surface area contributed by atoms with Gasteiger partial charge in [0.2, 0.25) is 5.91 Å². The number of sulfonamides is 1. The summed E-state index contributed by atoms with van der Waals surface area (Å²) < 4.78 is 38.1. The number of nitrogens with zero attached hydrogens (tertiary/aromatic N) is 1. The van der Waals surface area contributed by atoms with Crippen LogP contribution in [-0.2, 0) is 19.6 Å². The van der Waals surface area contributed by atoms with E-state index in [0.717, 1.165) is 9.87 Å². The molecule has 190 valence electrons. The fourth-order valence-corrected chi connectivity index (χ4v) is 5.13. The molecule has 0 heterocycles. The topological polar surface area (TPSA) is 102 Å². The Morgan fingerprint density at radius 1 is 0.972 bits per heavy atom. The van der Waals surface area contributed by atoms with E-state index in [-0.39, 0.29) is 38.5 Å². The molecule has 11 heteroatoms. The lowest BCUT2D eigenvalue weighted by atomic mass is 10.2. The molecule has 0 aliphatic heterocycles. The maximum atomic E-state index is 13.5. The van der Waals surface area contributed by atoms with Crippen molar-refractivity contribution in [2.45, 2.75) is 18.7 Å². The number of benzene rings is 3. The van der Waals surface area contributed by atoms with E-state index >= 15 is 0 Å². The van der Waals surface area contributed by atoms with Gasteiger partial charge in [-0.25, -0.2) is 13.2 Å². The number of amides is 1. The average Bonchev–Trinajstić information content (AvgIpc) is 2.84. The first-order valence-electron chi connectivity index (χ1n) is 10.8. The Bertz CT molecular complexity index is 1380. The van der Waals surface area contributed by atoms with E-state index in [1.807, 2.05) is 6.92 Å². The van der Waals surface area contributed by atoms with Crippen LogP contribution >= 0.6 is 23.2 Å². The molecule has 1 N–H and O–H groups in total. The highest BCUT2D eigenvalue weighted by Gasteiger charge is 2.28. The van der Waals surface area contributed by atoms with Crippen molar-refractivity contribution in [3.63, 3.8) is 0 Å². The summed E-state index contributed by atoms with van der Waals surface area (Å²) in [6.07, 6.45) is 0. The molecule has 0 saturated heterocycles. The Kier molecular flexibility index (Phi) is 8.84. The van der Waals surface area contributed by atoms with Crippen LogP contribution in [0.25, 0.3) is 0 Å². The van der Waals surface area contributed by atoms with E-state index < -0.39 is 28.4 Å². The molecular formula is C25H24Cl2N2O6S. The second-order valence-electron chi connectivity index (χ2n) is 7.61. The predicted molar refractivity (Wildman–Crippen MR) is 140 cm³/mol. The lowest BCUT2D eigenvalue weighted by Crippen LogP contribution is -2.38. The SMILES string of the molecule is CCOC(=O)c1ccc(NC(=O)CN(c2ccc(OC)c(Cl)c2)S(=O)(=O)c2ccc(C)cc2)c(Cl)c1. The number of aryl methyl sites for hydroxylation is 1. The van der Waals surface area contributed by atoms with Crippen molar-refractivity contribution < 1.29 is 27.5 Å². The molecule has 0 spiro atoms. The minimum Gasteiger partial charge on any atom is -0.495 e. The van der Waals surface area contributed by atoms with Crippen LogP contribution in [0.1, 0.15) is 22.8 Å². The fraction of sp³-hybridized carbons (Fsp3) is 0.200. The first-order chi connectivity index (χ1) is 17.1. The maximum Gasteiger partial charge on any atom is 0.338 e. The number of nitrogens with one attached hydrogen (secondary N) is 1. The molecule has 3 aromatic rings. The molecule has 0 saturated carbocycles. The van der Waals surface area contributed by atoms with Crippen LogP contribution in [-0.4, -0.2) is 40.6 Å². The smallest absolute Gasteiger partial charge is 0.338 e. The van der Waals surface area contributed by atoms with Crippen molar-refractivity contribution in [3.05, 3.63) is 81.8 Å². The third-order valence-corrected chi connectivity index (χ3v) is 7.47. The molecule has 36 heavy (non-hydrogen) atoms. The van der Waals surface area contributed by atoms with Gasteiger partial charge < -0.3 is 14.8 Å². The second-order valence-corrected chi connectivity index (χ2v) is 10.3. The van der Waals surface area contributed by atoms with Crippen molar-refractivity contribution in [2.24, 2.45) is 0 Å². The van der Waals surface area contributed by atoms with Gasteiger partial charge in [-0.15, -0.1) is 0 Å². The summed E-state index contributed by atoms with van der Waals surface area (Å²) in [7, 11) is -2.71. The molecule has 3 rings (SSSR count). The fourth-order valence-electron chi connectivity index (χ4n) is 3.24. The van der Waals surface area contributed by atoms with Gasteiger partial charge in [0.25, 0.3) is 10.0 Å². The number of esters is 1. The van der Waals surface area contributed by atoms with Crippen molar-refractivity contribution in [3.8, 4) is 5.75 Å². The van der Waals surface area contributed by atoms with Crippen LogP contribution < -0.4 is 14.4 Å². The molecule has 0 radical (unpaired) electrons. The van der Waals surface area contributed by atoms with Gasteiger partial charge in [-0.05, 0) is 62.4 Å². The standard InChI is InChI=1S/C25H24Cl2N2O6S/c1-4-35-25(31)17-7-11-22(20(26)13-17)28-24(30)15-29(18-8-12-23(34-3)21(27)14-18)36(32,33)19-9-5-16(2)6-10-19/h5-14H,4,15H2,1-3H3,(H,28,30). The number of carbonyl (C=O) groups excluding carboxylic acids is 2. The highest BCUT2D eigenvalue weighted by molar-refractivity contribution is 7.92. The second kappa shape index (κ2) is 11.6. The van der Waals surface area contributed by atoms with Gasteiger partial charge in [-0.2, -0.15) is 0 Å². The largest absolute Gasteiger partial charge is 0.495 e. The van der Waals surface area contributed by atoms with E-state index in [2.05, 4.69) is 5.32 Å². The highest BCUT2D eigenvalue weighted by atomic mass is 35.5. The van der Waals surface area contributed by atoms with Crippen molar-refractivity contribution in [1.82, 2.24) is 0 Å². The third kappa shape index (κ3) is 6.29. The van der Waals surface area contributed by atoms with E-state index in [4.69, 9.17) is 32.7 Å². The number of ether oxygens (including phenoxy) is 2. The van der Waals surface area contributed by atoms with Crippen molar-refractivity contribution in [2.75, 3.05) is 29.9 Å². The first kappa shape index (κ1) is 27.3. The normalized spacial score (nSPS) is 11.0. The van der Waals surface area contributed by atoms with E-state index in [1.54, 1.807) is 19.1 Å². The summed E-state index contributed by atoms with van der Waals surface area (Å²) >= 11 is 12.5. The number of carbonyl (C=O) groups is 2. The lowest BCUT2D eigenvalue weighted by molar-refractivity contribution is -0.114. The minimum atomic E-state index is -4.15. The van der Waals surface area contributed by atoms with Crippen LogP contribution in [0.3, 0.4) is 0 Å². The molecule has 0 fully saturated rings. The summed E-state index contributed by atoms with van der Waals surface area (Å²) in [6, 6.07) is 14.9. The highest BCUT2D eigenvalue weighted by Crippen LogP contribution is 2.32. The van der Waals surface area contributed by atoms with Gasteiger partial charge >= 0.3 is 5.97 Å². The summed E-state index contributed by atoms with van der Waals surface area (Å²) in [6.45, 7) is 3.15. The molecule has 3 aromatic carbocycles. The number of methoxy groups -OCH3 is 1. The molecule has 0 bridgehead atoms. The van der Waals surface area contributed by atoms with Crippen molar-refractivity contribution >= 4 is 56.5 Å². The van der Waals surface area contributed by atoms with Gasteiger partial charge in [0.1, 0.15) is 12.3 Å². The van der Waals surface area contributed by atoms with Crippen LogP contribution in [0.5, 0.6) is 5.75 Å². The minimum absolute atomic E-state index is 0.00432. The monoisotopic (exact) mass is 550 g/mol. The van der Waals surface area contributed by atoms with Gasteiger partial charge in [-0.1, -0.05) is 40.9 Å². The predicted octanol–water partition coefficient (Wildman–Crippen LogP) is 5.32. The molecular weight excluding hydrogens is 527 g/mol. The number of anilines is 2. The van der Waals surface area contributed by atoms with Gasteiger partial charge in [0, 0.05) is 0 Å². The molecule has 0 aromatic heterocycles. The number of rotatable bonds is 9. The van der Waals surface area contributed by atoms with E-state index in [1.165, 1.54) is 55.6 Å². The lowest BCUT2D eigenvalue weighted by Gasteiger charge is -2.25. The Balaban J connectivity index is 1.93. The van der Waals surface area contributed by atoms with E-state index in [0.29, 0.717) is 5.75 Å².